The molecule has 1 heterocycles. The number of benzene rings is 1. The Morgan fingerprint density at radius 3 is 2.50 bits per heavy atom. The molecule has 26 heavy (non-hydrogen) atoms. The number of rotatable bonds is 5. The van der Waals surface area contributed by atoms with Gasteiger partial charge in [0.2, 0.25) is 11.8 Å². The Morgan fingerprint density at radius 2 is 1.88 bits per heavy atom. The van der Waals surface area contributed by atoms with Gasteiger partial charge in [-0.15, -0.1) is 0 Å². The summed E-state index contributed by atoms with van der Waals surface area (Å²) in [7, 11) is 0. The smallest absolute Gasteiger partial charge is 0.336 e. The first-order valence-corrected chi connectivity index (χ1v) is 8.58. The van der Waals surface area contributed by atoms with Gasteiger partial charge in [-0.1, -0.05) is 41.1 Å². The fourth-order valence-corrected chi connectivity index (χ4v) is 3.30. The summed E-state index contributed by atoms with van der Waals surface area (Å²) < 4.78 is 0. The van der Waals surface area contributed by atoms with Crippen LogP contribution in [0.2, 0.25) is 0 Å². The molecule has 0 bridgehead atoms. The van der Waals surface area contributed by atoms with E-state index in [2.05, 4.69) is 5.16 Å². The highest BCUT2D eigenvalue weighted by molar-refractivity contribution is 6.05. The summed E-state index contributed by atoms with van der Waals surface area (Å²) in [5.74, 6) is -1.56. The van der Waals surface area contributed by atoms with Crippen LogP contribution in [0.4, 0.5) is 0 Å². The minimum Gasteiger partial charge on any atom is -0.380 e. The lowest BCUT2D eigenvalue weighted by molar-refractivity contribution is -0.145. The van der Waals surface area contributed by atoms with Crippen LogP contribution < -0.4 is 5.73 Å². The third-order valence-corrected chi connectivity index (χ3v) is 4.70. The van der Waals surface area contributed by atoms with Crippen molar-refractivity contribution in [2.75, 3.05) is 6.54 Å². The number of hydrogen-bond acceptors (Lipinski definition) is 5. The maximum Gasteiger partial charge on any atom is 0.336 e. The lowest BCUT2D eigenvalue weighted by Crippen LogP contribution is -2.33. The number of carbonyl (C=O) groups excluding carboxylic acids is 3. The van der Waals surface area contributed by atoms with Crippen molar-refractivity contribution in [2.24, 2.45) is 22.7 Å². The number of oxime groups is 1. The van der Waals surface area contributed by atoms with Crippen molar-refractivity contribution in [1.82, 2.24) is 4.90 Å². The van der Waals surface area contributed by atoms with Gasteiger partial charge in [-0.05, 0) is 25.8 Å². The van der Waals surface area contributed by atoms with Crippen molar-refractivity contribution < 1.29 is 19.2 Å². The first kappa shape index (κ1) is 17.8. The highest BCUT2D eigenvalue weighted by Crippen LogP contribution is 2.34. The van der Waals surface area contributed by atoms with Crippen LogP contribution in [-0.4, -0.2) is 35.1 Å². The minimum atomic E-state index is -0.644. The Kier molecular flexibility index (Phi) is 5.16. The number of carbonyl (C=O) groups is 3. The van der Waals surface area contributed by atoms with Gasteiger partial charge in [0.05, 0.1) is 18.3 Å². The van der Waals surface area contributed by atoms with Gasteiger partial charge in [-0.25, -0.2) is 4.79 Å². The topological polar surface area (TPSA) is 102 Å². The maximum atomic E-state index is 12.3. The SMILES string of the molecule is Cc1cccc(/C(N)=N\OC(=O)CCN2C(=O)[C@H]3CC=CC[C@@H]3C2=O)c1. The van der Waals surface area contributed by atoms with Gasteiger partial charge < -0.3 is 10.6 Å². The molecule has 0 spiro atoms. The molecule has 7 nitrogen and oxygen atoms in total. The molecule has 1 fully saturated rings. The zero-order valence-corrected chi connectivity index (χ0v) is 14.6. The predicted molar refractivity (Wildman–Crippen MR) is 94.7 cm³/mol. The Hall–Kier alpha value is -2.96. The lowest BCUT2D eigenvalue weighted by atomic mass is 9.85. The summed E-state index contributed by atoms with van der Waals surface area (Å²) >= 11 is 0. The minimum absolute atomic E-state index is 0.00334. The number of amidine groups is 1. The number of fused-ring (bicyclic) bond motifs is 1. The second-order valence-electron chi connectivity index (χ2n) is 6.54. The van der Waals surface area contributed by atoms with Crippen LogP contribution >= 0.6 is 0 Å². The van der Waals surface area contributed by atoms with Crippen LogP contribution in [0.25, 0.3) is 0 Å². The van der Waals surface area contributed by atoms with Crippen molar-refractivity contribution in [1.29, 1.82) is 0 Å². The monoisotopic (exact) mass is 355 g/mol. The van der Waals surface area contributed by atoms with Gasteiger partial charge in [0.15, 0.2) is 5.84 Å². The van der Waals surface area contributed by atoms with E-state index in [1.54, 1.807) is 6.07 Å². The summed E-state index contributed by atoms with van der Waals surface area (Å²) in [5, 5.41) is 3.64. The van der Waals surface area contributed by atoms with E-state index in [-0.39, 0.29) is 42.5 Å². The van der Waals surface area contributed by atoms with Gasteiger partial charge in [0.25, 0.3) is 0 Å². The van der Waals surface area contributed by atoms with Crippen LogP contribution in [0.5, 0.6) is 0 Å². The normalized spacial score (nSPS) is 22.5. The average molecular weight is 355 g/mol. The molecule has 1 aromatic carbocycles. The molecule has 0 unspecified atom stereocenters. The van der Waals surface area contributed by atoms with Gasteiger partial charge in [-0.3, -0.25) is 14.5 Å². The number of allylic oxidation sites excluding steroid dienone is 2. The van der Waals surface area contributed by atoms with Crippen molar-refractivity contribution >= 4 is 23.6 Å². The van der Waals surface area contributed by atoms with Crippen molar-refractivity contribution in [3.05, 3.63) is 47.5 Å². The highest BCUT2D eigenvalue weighted by Gasteiger charge is 2.46. The number of aryl methyl sites for hydroxylation is 1. The fourth-order valence-electron chi connectivity index (χ4n) is 3.30. The van der Waals surface area contributed by atoms with Gasteiger partial charge >= 0.3 is 5.97 Å². The quantitative estimate of drug-likeness (QED) is 0.215. The van der Waals surface area contributed by atoms with E-state index in [1.165, 1.54) is 0 Å². The average Bonchev–Trinajstić information content (AvgIpc) is 2.89. The van der Waals surface area contributed by atoms with E-state index in [1.807, 2.05) is 37.3 Å². The second kappa shape index (κ2) is 7.51. The summed E-state index contributed by atoms with van der Waals surface area (Å²) in [6.45, 7) is 1.92. The first-order valence-electron chi connectivity index (χ1n) is 8.58. The van der Waals surface area contributed by atoms with E-state index in [0.717, 1.165) is 10.5 Å². The zero-order chi connectivity index (χ0) is 18.7. The van der Waals surface area contributed by atoms with Crippen molar-refractivity contribution in [3.63, 3.8) is 0 Å². The molecule has 0 saturated carbocycles. The molecule has 2 atom stereocenters. The molecule has 3 rings (SSSR count). The molecule has 1 aliphatic carbocycles. The van der Waals surface area contributed by atoms with Gasteiger partial charge in [0, 0.05) is 12.1 Å². The van der Waals surface area contributed by atoms with E-state index in [4.69, 9.17) is 10.6 Å². The molecule has 0 aromatic heterocycles. The molecular formula is C19H21N3O4. The number of nitrogens with two attached hydrogens (primary N) is 1. The van der Waals surface area contributed by atoms with Crippen LogP contribution in [0.3, 0.4) is 0 Å². The lowest BCUT2D eigenvalue weighted by Gasteiger charge is -2.14. The molecular weight excluding hydrogens is 334 g/mol. The van der Waals surface area contributed by atoms with Crippen LogP contribution in [0.15, 0.2) is 41.6 Å². The summed E-state index contributed by atoms with van der Waals surface area (Å²) in [4.78, 5) is 42.5. The molecule has 2 amide bonds. The molecule has 1 saturated heterocycles. The molecule has 0 radical (unpaired) electrons. The van der Waals surface area contributed by atoms with Crippen LogP contribution in [0, 0.1) is 18.8 Å². The van der Waals surface area contributed by atoms with E-state index >= 15 is 0 Å². The number of imide groups is 1. The third-order valence-electron chi connectivity index (χ3n) is 4.70. The van der Waals surface area contributed by atoms with Gasteiger partial charge in [0.1, 0.15) is 0 Å². The van der Waals surface area contributed by atoms with Crippen LogP contribution in [-0.2, 0) is 19.2 Å². The number of nitrogens with zero attached hydrogens (tertiary/aromatic N) is 2. The maximum absolute atomic E-state index is 12.3. The Bertz CT molecular complexity index is 774. The molecule has 2 N–H and O–H groups in total. The molecule has 2 aliphatic rings. The largest absolute Gasteiger partial charge is 0.380 e. The molecule has 1 aliphatic heterocycles. The standard InChI is InChI=1S/C19H21N3O4/c1-12-5-4-6-13(11-12)17(20)21-26-16(23)9-10-22-18(24)14-7-2-3-8-15(14)19(22)25/h2-6,11,14-15H,7-10H2,1H3,(H2,20,21)/t14-,15-/m0/s1. The van der Waals surface area contributed by atoms with E-state index in [0.29, 0.717) is 18.4 Å². The van der Waals surface area contributed by atoms with Crippen molar-refractivity contribution in [3.8, 4) is 0 Å². The van der Waals surface area contributed by atoms with Crippen molar-refractivity contribution in [2.45, 2.75) is 26.2 Å². The zero-order valence-electron chi connectivity index (χ0n) is 14.6. The first-order chi connectivity index (χ1) is 12.5. The number of amides is 2. The molecule has 7 heteroatoms. The summed E-state index contributed by atoms with van der Waals surface area (Å²) in [5.41, 5.74) is 7.46. The Labute approximate surface area is 151 Å². The predicted octanol–water partition coefficient (Wildman–Crippen LogP) is 1.50. The summed E-state index contributed by atoms with van der Waals surface area (Å²) in [6, 6.07) is 7.33. The number of hydrogen-bond donors (Lipinski definition) is 1. The van der Waals surface area contributed by atoms with Crippen LogP contribution in [0.1, 0.15) is 30.4 Å². The second-order valence-corrected chi connectivity index (χ2v) is 6.54. The Balaban J connectivity index is 1.54. The highest BCUT2D eigenvalue weighted by atomic mass is 16.7. The van der Waals surface area contributed by atoms with E-state index in [9.17, 15) is 14.4 Å². The summed E-state index contributed by atoms with van der Waals surface area (Å²) in [6.07, 6.45) is 4.88. The Morgan fingerprint density at radius 1 is 1.23 bits per heavy atom. The molecule has 1 aromatic rings. The fraction of sp³-hybridized carbons (Fsp3) is 0.368. The number of likely N-dealkylation sites (tertiary alicyclic amines) is 1. The van der Waals surface area contributed by atoms with E-state index < -0.39 is 5.97 Å². The molecule has 136 valence electrons. The van der Waals surface area contributed by atoms with Gasteiger partial charge in [-0.2, -0.15) is 0 Å². The third kappa shape index (κ3) is 3.66.